The van der Waals surface area contributed by atoms with Gasteiger partial charge in [-0.3, -0.25) is 9.59 Å². The summed E-state index contributed by atoms with van der Waals surface area (Å²) in [6.07, 6.45) is 2.69. The van der Waals surface area contributed by atoms with Crippen LogP contribution in [0.5, 0.6) is 5.75 Å². The average molecular weight is 332 g/mol. The van der Waals surface area contributed by atoms with Crippen LogP contribution in [0, 0.1) is 0 Å². The summed E-state index contributed by atoms with van der Waals surface area (Å²) in [5.74, 6) is 0.570. The number of hydrogen-bond acceptors (Lipinski definition) is 4. The van der Waals surface area contributed by atoms with Crippen LogP contribution in [0.25, 0.3) is 0 Å². The largest absolute Gasteiger partial charge is 0.481 e. The molecule has 1 amide bonds. The zero-order valence-corrected chi connectivity index (χ0v) is 15.1. The van der Waals surface area contributed by atoms with Crippen LogP contribution in [-0.4, -0.2) is 60.8 Å². The molecule has 1 aromatic carbocycles. The van der Waals surface area contributed by atoms with E-state index in [1.54, 1.807) is 31.2 Å². The van der Waals surface area contributed by atoms with Crippen LogP contribution in [0.3, 0.4) is 0 Å². The number of Topliss-reactive ketones (excluding diaryl/α,β-unsaturated/α-hetero) is 1. The maximum atomic E-state index is 12.8. The standard InChI is InChI=1S/C19H28N2O3/c1-14(22)16-8-7-10-18(12-16)24-15(2)19(23)21-11-6-5-9-17(21)13-20(3)4/h7-8,10,12,15,17H,5-6,9,11,13H2,1-4H3/t15-,17-/m0/s1. The van der Waals surface area contributed by atoms with Crippen molar-refractivity contribution in [2.24, 2.45) is 0 Å². The van der Waals surface area contributed by atoms with E-state index >= 15 is 0 Å². The predicted octanol–water partition coefficient (Wildman–Crippen LogP) is 2.60. The van der Waals surface area contributed by atoms with Gasteiger partial charge < -0.3 is 14.5 Å². The number of likely N-dealkylation sites (tertiary alicyclic amines) is 1. The van der Waals surface area contributed by atoms with E-state index in [1.807, 2.05) is 19.0 Å². The Bertz CT molecular complexity index is 586. The number of amides is 1. The Morgan fingerprint density at radius 1 is 1.33 bits per heavy atom. The minimum absolute atomic E-state index is 0.0125. The fourth-order valence-corrected chi connectivity index (χ4v) is 3.18. The van der Waals surface area contributed by atoms with E-state index in [-0.39, 0.29) is 17.7 Å². The Morgan fingerprint density at radius 3 is 2.75 bits per heavy atom. The molecule has 5 heteroatoms. The van der Waals surface area contributed by atoms with Crippen LogP contribution in [0.2, 0.25) is 0 Å². The smallest absolute Gasteiger partial charge is 0.263 e. The number of ether oxygens (including phenoxy) is 1. The first-order chi connectivity index (χ1) is 11.4. The highest BCUT2D eigenvalue weighted by molar-refractivity contribution is 5.94. The lowest BCUT2D eigenvalue weighted by Crippen LogP contribution is -2.52. The summed E-state index contributed by atoms with van der Waals surface area (Å²) in [5, 5.41) is 0. The zero-order chi connectivity index (χ0) is 17.7. The molecule has 1 aliphatic heterocycles. The number of rotatable bonds is 6. The molecule has 2 rings (SSSR count). The summed E-state index contributed by atoms with van der Waals surface area (Å²) in [7, 11) is 4.06. The van der Waals surface area contributed by atoms with Gasteiger partial charge in [-0.05, 0) is 59.3 Å². The summed E-state index contributed by atoms with van der Waals surface area (Å²) in [6, 6.07) is 7.25. The molecule has 132 valence electrons. The van der Waals surface area contributed by atoms with Crippen LogP contribution in [0.1, 0.15) is 43.5 Å². The number of carbonyl (C=O) groups is 2. The van der Waals surface area contributed by atoms with E-state index in [0.717, 1.165) is 32.4 Å². The van der Waals surface area contributed by atoms with E-state index in [1.165, 1.54) is 6.92 Å². The first kappa shape index (κ1) is 18.5. The van der Waals surface area contributed by atoms with Crippen molar-refractivity contribution in [2.75, 3.05) is 27.2 Å². The SMILES string of the molecule is CC(=O)c1cccc(O[C@@H](C)C(=O)N2CCCC[C@H]2CN(C)C)c1. The third-order valence-electron chi connectivity index (χ3n) is 4.39. The molecule has 0 saturated carbocycles. The first-order valence-electron chi connectivity index (χ1n) is 8.61. The molecule has 0 unspecified atom stereocenters. The highest BCUT2D eigenvalue weighted by Crippen LogP contribution is 2.21. The van der Waals surface area contributed by atoms with Crippen molar-refractivity contribution in [3.63, 3.8) is 0 Å². The lowest BCUT2D eigenvalue weighted by molar-refractivity contribution is -0.142. The number of hydrogen-bond donors (Lipinski definition) is 0. The lowest BCUT2D eigenvalue weighted by atomic mass is 10.0. The molecule has 1 aromatic rings. The third-order valence-corrected chi connectivity index (χ3v) is 4.39. The molecule has 1 saturated heterocycles. The van der Waals surface area contributed by atoms with Crippen molar-refractivity contribution >= 4 is 11.7 Å². The molecule has 1 aliphatic rings. The number of nitrogens with zero attached hydrogens (tertiary/aromatic N) is 2. The molecular formula is C19H28N2O3. The number of carbonyl (C=O) groups excluding carboxylic acids is 2. The fraction of sp³-hybridized carbons (Fsp3) is 0.579. The zero-order valence-electron chi connectivity index (χ0n) is 15.1. The summed E-state index contributed by atoms with van der Waals surface area (Å²) in [5.41, 5.74) is 0.593. The molecule has 0 aromatic heterocycles. The van der Waals surface area contributed by atoms with Gasteiger partial charge in [-0.15, -0.1) is 0 Å². The molecule has 0 spiro atoms. The van der Waals surface area contributed by atoms with Gasteiger partial charge in [0.1, 0.15) is 5.75 Å². The predicted molar refractivity (Wildman–Crippen MR) is 94.4 cm³/mol. The lowest BCUT2D eigenvalue weighted by Gasteiger charge is -2.38. The highest BCUT2D eigenvalue weighted by Gasteiger charge is 2.30. The number of likely N-dealkylation sites (N-methyl/N-ethyl adjacent to an activating group) is 1. The van der Waals surface area contributed by atoms with E-state index in [4.69, 9.17) is 4.74 Å². The Kier molecular flexibility index (Phi) is 6.37. The van der Waals surface area contributed by atoms with Gasteiger partial charge >= 0.3 is 0 Å². The minimum Gasteiger partial charge on any atom is -0.481 e. The van der Waals surface area contributed by atoms with Crippen LogP contribution >= 0.6 is 0 Å². The Balaban J connectivity index is 2.05. The van der Waals surface area contributed by atoms with Gasteiger partial charge in [-0.25, -0.2) is 0 Å². The minimum atomic E-state index is -0.560. The van der Waals surface area contributed by atoms with Gasteiger partial charge in [0.2, 0.25) is 0 Å². The molecule has 0 N–H and O–H groups in total. The Morgan fingerprint density at radius 2 is 2.08 bits per heavy atom. The molecule has 0 radical (unpaired) electrons. The molecule has 2 atom stereocenters. The second kappa shape index (κ2) is 8.29. The van der Waals surface area contributed by atoms with Gasteiger partial charge in [0.15, 0.2) is 11.9 Å². The fourth-order valence-electron chi connectivity index (χ4n) is 3.18. The van der Waals surface area contributed by atoms with Crippen LogP contribution in [-0.2, 0) is 4.79 Å². The second-order valence-electron chi connectivity index (χ2n) is 6.79. The average Bonchev–Trinajstić information content (AvgIpc) is 2.54. The van der Waals surface area contributed by atoms with Gasteiger partial charge in [0.25, 0.3) is 5.91 Å². The van der Waals surface area contributed by atoms with Crippen LogP contribution in [0.4, 0.5) is 0 Å². The van der Waals surface area contributed by atoms with Gasteiger partial charge in [0.05, 0.1) is 0 Å². The van der Waals surface area contributed by atoms with E-state index in [0.29, 0.717) is 11.3 Å². The quantitative estimate of drug-likeness (QED) is 0.752. The highest BCUT2D eigenvalue weighted by atomic mass is 16.5. The van der Waals surface area contributed by atoms with Crippen LogP contribution in [0.15, 0.2) is 24.3 Å². The molecule has 24 heavy (non-hydrogen) atoms. The second-order valence-corrected chi connectivity index (χ2v) is 6.79. The van der Waals surface area contributed by atoms with Crippen LogP contribution < -0.4 is 4.74 Å². The molecule has 1 fully saturated rings. The van der Waals surface area contributed by atoms with E-state index in [2.05, 4.69) is 4.90 Å². The Labute approximate surface area is 144 Å². The van der Waals surface area contributed by atoms with Gasteiger partial charge in [-0.1, -0.05) is 12.1 Å². The molecule has 1 heterocycles. The molecule has 0 aliphatic carbocycles. The van der Waals surface area contributed by atoms with Crippen molar-refractivity contribution in [2.45, 2.75) is 45.3 Å². The van der Waals surface area contributed by atoms with Gasteiger partial charge in [0, 0.05) is 24.7 Å². The number of ketones is 1. The first-order valence-corrected chi connectivity index (χ1v) is 8.61. The maximum Gasteiger partial charge on any atom is 0.263 e. The maximum absolute atomic E-state index is 12.8. The molecule has 0 bridgehead atoms. The summed E-state index contributed by atoms with van der Waals surface area (Å²) in [4.78, 5) is 28.4. The summed E-state index contributed by atoms with van der Waals surface area (Å²) in [6.45, 7) is 4.97. The molecule has 5 nitrogen and oxygen atoms in total. The number of benzene rings is 1. The topological polar surface area (TPSA) is 49.9 Å². The van der Waals surface area contributed by atoms with Crippen molar-refractivity contribution in [1.82, 2.24) is 9.80 Å². The normalized spacial score (nSPS) is 19.2. The third kappa shape index (κ3) is 4.81. The molecular weight excluding hydrogens is 304 g/mol. The van der Waals surface area contributed by atoms with Crippen molar-refractivity contribution in [3.05, 3.63) is 29.8 Å². The monoisotopic (exact) mass is 332 g/mol. The number of piperidine rings is 1. The van der Waals surface area contributed by atoms with Crippen molar-refractivity contribution in [3.8, 4) is 5.75 Å². The van der Waals surface area contributed by atoms with Crippen molar-refractivity contribution in [1.29, 1.82) is 0 Å². The Hall–Kier alpha value is -1.88. The van der Waals surface area contributed by atoms with Gasteiger partial charge in [-0.2, -0.15) is 0 Å². The summed E-state index contributed by atoms with van der Waals surface area (Å²) >= 11 is 0. The van der Waals surface area contributed by atoms with Crippen molar-refractivity contribution < 1.29 is 14.3 Å². The summed E-state index contributed by atoms with van der Waals surface area (Å²) < 4.78 is 5.82. The van der Waals surface area contributed by atoms with E-state index < -0.39 is 6.10 Å². The van der Waals surface area contributed by atoms with E-state index in [9.17, 15) is 9.59 Å².